The Bertz CT molecular complexity index is 583. The molecule has 2 saturated heterocycles. The van der Waals surface area contributed by atoms with Gasteiger partial charge in [-0.3, -0.25) is 9.80 Å². The van der Waals surface area contributed by atoms with E-state index in [-0.39, 0.29) is 12.9 Å². The van der Waals surface area contributed by atoms with Crippen molar-refractivity contribution in [3.63, 3.8) is 0 Å². The molecular formula is C16H21ClN2O3. The lowest BCUT2D eigenvalue weighted by Crippen LogP contribution is -2.54. The van der Waals surface area contributed by atoms with Crippen molar-refractivity contribution >= 4 is 11.6 Å². The fourth-order valence-corrected chi connectivity index (χ4v) is 4.01. The molecule has 3 heterocycles. The highest BCUT2D eigenvalue weighted by Crippen LogP contribution is 2.37. The van der Waals surface area contributed by atoms with Gasteiger partial charge in [0.25, 0.3) is 0 Å². The summed E-state index contributed by atoms with van der Waals surface area (Å²) >= 11 is 6.40. The Hall–Kier alpha value is -1.01. The Morgan fingerprint density at radius 2 is 2.00 bits per heavy atom. The number of halogens is 1. The van der Waals surface area contributed by atoms with Crippen molar-refractivity contribution in [1.82, 2.24) is 9.80 Å². The minimum atomic E-state index is -0.175. The number of piperazine rings is 1. The van der Waals surface area contributed by atoms with E-state index in [1.165, 1.54) is 0 Å². The van der Waals surface area contributed by atoms with Gasteiger partial charge in [0, 0.05) is 49.4 Å². The number of aliphatic hydroxyl groups is 1. The lowest BCUT2D eigenvalue weighted by atomic mass is 10.1. The standard InChI is InChI=1S/C16H21ClN2O3/c1-10-5-19-8-13(20)3-12(19)7-18(10)6-11-2-15-16(4-14(11)17)22-9-21-15/h2,4,10,12-13,20H,3,5-9H2,1H3/t10-,12-,13-/m1/s1. The van der Waals surface area contributed by atoms with Crippen LogP contribution in [0.4, 0.5) is 0 Å². The molecule has 6 heteroatoms. The van der Waals surface area contributed by atoms with Crippen molar-refractivity contribution in [3.8, 4) is 11.5 Å². The second kappa shape index (κ2) is 5.57. The Morgan fingerprint density at radius 1 is 1.23 bits per heavy atom. The Labute approximate surface area is 135 Å². The zero-order valence-electron chi connectivity index (χ0n) is 12.7. The van der Waals surface area contributed by atoms with E-state index in [0.29, 0.717) is 12.1 Å². The van der Waals surface area contributed by atoms with Crippen LogP contribution in [0, 0.1) is 0 Å². The summed E-state index contributed by atoms with van der Waals surface area (Å²) in [5.74, 6) is 1.51. The number of aliphatic hydroxyl groups excluding tert-OH is 1. The highest BCUT2D eigenvalue weighted by Gasteiger charge is 2.38. The van der Waals surface area contributed by atoms with Gasteiger partial charge in [0.05, 0.1) is 6.10 Å². The molecule has 0 saturated carbocycles. The van der Waals surface area contributed by atoms with Gasteiger partial charge in [-0.05, 0) is 25.0 Å². The maximum absolute atomic E-state index is 9.86. The summed E-state index contributed by atoms with van der Waals surface area (Å²) in [6, 6.07) is 4.74. The van der Waals surface area contributed by atoms with Gasteiger partial charge < -0.3 is 14.6 Å². The van der Waals surface area contributed by atoms with E-state index in [4.69, 9.17) is 21.1 Å². The molecule has 22 heavy (non-hydrogen) atoms. The summed E-state index contributed by atoms with van der Waals surface area (Å²) in [5, 5.41) is 10.6. The maximum atomic E-state index is 9.86. The predicted molar refractivity (Wildman–Crippen MR) is 83.4 cm³/mol. The van der Waals surface area contributed by atoms with Gasteiger partial charge in [-0.2, -0.15) is 0 Å². The van der Waals surface area contributed by atoms with Crippen molar-refractivity contribution in [3.05, 3.63) is 22.7 Å². The average Bonchev–Trinajstić information content (AvgIpc) is 3.04. The van der Waals surface area contributed by atoms with Crippen LogP contribution in [-0.2, 0) is 6.54 Å². The monoisotopic (exact) mass is 324 g/mol. The highest BCUT2D eigenvalue weighted by atomic mass is 35.5. The molecule has 120 valence electrons. The smallest absolute Gasteiger partial charge is 0.231 e. The largest absolute Gasteiger partial charge is 0.454 e. The fraction of sp³-hybridized carbons (Fsp3) is 0.625. The van der Waals surface area contributed by atoms with Crippen molar-refractivity contribution in [1.29, 1.82) is 0 Å². The third kappa shape index (κ3) is 2.56. The molecule has 0 amide bonds. The third-order valence-electron chi connectivity index (χ3n) is 4.99. The van der Waals surface area contributed by atoms with Crippen LogP contribution < -0.4 is 9.47 Å². The first-order chi connectivity index (χ1) is 10.6. The van der Waals surface area contributed by atoms with E-state index < -0.39 is 0 Å². The summed E-state index contributed by atoms with van der Waals surface area (Å²) in [6.07, 6.45) is 0.698. The molecule has 1 aromatic carbocycles. The van der Waals surface area contributed by atoms with Crippen LogP contribution in [0.5, 0.6) is 11.5 Å². The van der Waals surface area contributed by atoms with Crippen LogP contribution in [0.25, 0.3) is 0 Å². The highest BCUT2D eigenvalue weighted by molar-refractivity contribution is 6.31. The van der Waals surface area contributed by atoms with Crippen molar-refractivity contribution in [2.75, 3.05) is 26.4 Å². The van der Waals surface area contributed by atoms with Gasteiger partial charge >= 0.3 is 0 Å². The number of hydrogen-bond donors (Lipinski definition) is 1. The summed E-state index contributed by atoms with van der Waals surface area (Å²) in [5.41, 5.74) is 1.07. The summed E-state index contributed by atoms with van der Waals surface area (Å²) < 4.78 is 10.8. The van der Waals surface area contributed by atoms with Gasteiger partial charge in [0.15, 0.2) is 11.5 Å². The minimum absolute atomic E-state index is 0.175. The second-order valence-electron chi connectivity index (χ2n) is 6.57. The zero-order chi connectivity index (χ0) is 15.3. The number of rotatable bonds is 2. The Balaban J connectivity index is 1.51. The van der Waals surface area contributed by atoms with Crippen LogP contribution in [0.15, 0.2) is 12.1 Å². The van der Waals surface area contributed by atoms with Gasteiger partial charge in [-0.25, -0.2) is 0 Å². The van der Waals surface area contributed by atoms with Gasteiger partial charge in [-0.1, -0.05) is 11.6 Å². The molecule has 2 fully saturated rings. The maximum Gasteiger partial charge on any atom is 0.231 e. The SMILES string of the molecule is C[C@@H]1CN2C[C@H](O)C[C@@H]2CN1Cc1cc2c(cc1Cl)OCO2. The van der Waals surface area contributed by atoms with Crippen molar-refractivity contribution in [2.24, 2.45) is 0 Å². The molecule has 5 nitrogen and oxygen atoms in total. The van der Waals surface area contributed by atoms with E-state index >= 15 is 0 Å². The molecule has 3 aliphatic heterocycles. The molecule has 0 bridgehead atoms. The van der Waals surface area contributed by atoms with Crippen molar-refractivity contribution in [2.45, 2.75) is 38.1 Å². The van der Waals surface area contributed by atoms with Crippen LogP contribution in [-0.4, -0.2) is 59.5 Å². The molecule has 1 N–H and O–H groups in total. The van der Waals surface area contributed by atoms with E-state index in [1.54, 1.807) is 0 Å². The van der Waals surface area contributed by atoms with Crippen LogP contribution >= 0.6 is 11.6 Å². The first-order valence-electron chi connectivity index (χ1n) is 7.84. The molecule has 0 aliphatic carbocycles. The van der Waals surface area contributed by atoms with E-state index in [2.05, 4.69) is 16.7 Å². The van der Waals surface area contributed by atoms with Gasteiger partial charge in [0.2, 0.25) is 6.79 Å². The number of benzene rings is 1. The lowest BCUT2D eigenvalue weighted by molar-refractivity contribution is 0.0528. The summed E-state index contributed by atoms with van der Waals surface area (Å²) in [6.45, 7) is 6.10. The van der Waals surface area contributed by atoms with Gasteiger partial charge in [-0.15, -0.1) is 0 Å². The van der Waals surface area contributed by atoms with Crippen LogP contribution in [0.1, 0.15) is 18.9 Å². The Kier molecular flexibility index (Phi) is 3.69. The first kappa shape index (κ1) is 14.6. The molecule has 4 rings (SSSR count). The number of nitrogens with zero attached hydrogens (tertiary/aromatic N) is 2. The fourth-order valence-electron chi connectivity index (χ4n) is 3.80. The molecule has 0 radical (unpaired) electrons. The molecule has 3 atom stereocenters. The summed E-state index contributed by atoms with van der Waals surface area (Å²) in [7, 11) is 0. The lowest BCUT2D eigenvalue weighted by Gasteiger charge is -2.42. The normalized spacial score (nSPS) is 31.5. The van der Waals surface area contributed by atoms with Crippen LogP contribution in [0.2, 0.25) is 5.02 Å². The number of ether oxygens (including phenoxy) is 2. The molecule has 0 aromatic heterocycles. The molecule has 3 aliphatic rings. The predicted octanol–water partition coefficient (Wildman–Crippen LogP) is 1.71. The minimum Gasteiger partial charge on any atom is -0.454 e. The molecule has 0 spiro atoms. The molecular weight excluding hydrogens is 304 g/mol. The molecule has 0 unspecified atom stereocenters. The topological polar surface area (TPSA) is 45.2 Å². The second-order valence-corrected chi connectivity index (χ2v) is 6.98. The van der Waals surface area contributed by atoms with Crippen molar-refractivity contribution < 1.29 is 14.6 Å². The van der Waals surface area contributed by atoms with E-state index in [0.717, 1.165) is 54.7 Å². The van der Waals surface area contributed by atoms with E-state index in [9.17, 15) is 5.11 Å². The van der Waals surface area contributed by atoms with Gasteiger partial charge in [0.1, 0.15) is 0 Å². The Morgan fingerprint density at radius 3 is 2.82 bits per heavy atom. The molecule has 1 aromatic rings. The number of fused-ring (bicyclic) bond motifs is 2. The number of hydrogen-bond acceptors (Lipinski definition) is 5. The zero-order valence-corrected chi connectivity index (χ0v) is 13.4. The quantitative estimate of drug-likeness (QED) is 0.897. The summed E-state index contributed by atoms with van der Waals surface area (Å²) in [4.78, 5) is 4.86. The van der Waals surface area contributed by atoms with Crippen LogP contribution in [0.3, 0.4) is 0 Å². The third-order valence-corrected chi connectivity index (χ3v) is 5.34. The average molecular weight is 325 g/mol. The first-order valence-corrected chi connectivity index (χ1v) is 8.22. The van der Waals surface area contributed by atoms with E-state index in [1.807, 2.05) is 12.1 Å².